The first-order valence-corrected chi connectivity index (χ1v) is 6.92. The van der Waals surface area contributed by atoms with Gasteiger partial charge in [-0.05, 0) is 30.7 Å². The highest BCUT2D eigenvalue weighted by atomic mass is 32.2. The zero-order valence-corrected chi connectivity index (χ0v) is 11.3. The standard InChI is InChI=1S/C11H18N2O4S/c1-13(8-3-9-14)18(15,16)12-10-4-6-11(17-2)7-5-10/h4-7,12,14H,3,8-9H2,1-2H3. The van der Waals surface area contributed by atoms with Crippen LogP contribution >= 0.6 is 0 Å². The summed E-state index contributed by atoms with van der Waals surface area (Å²) in [6.45, 7) is 0.227. The summed E-state index contributed by atoms with van der Waals surface area (Å²) in [5, 5.41) is 8.67. The summed E-state index contributed by atoms with van der Waals surface area (Å²) in [5.74, 6) is 0.659. The van der Waals surface area contributed by atoms with Crippen LogP contribution < -0.4 is 9.46 Å². The Morgan fingerprint density at radius 3 is 2.44 bits per heavy atom. The SMILES string of the molecule is COc1ccc(NS(=O)(=O)N(C)CCCO)cc1. The Balaban J connectivity index is 2.69. The van der Waals surface area contributed by atoms with Crippen LogP contribution in [-0.4, -0.2) is 45.1 Å². The van der Waals surface area contributed by atoms with E-state index in [4.69, 9.17) is 9.84 Å². The van der Waals surface area contributed by atoms with E-state index in [0.29, 0.717) is 17.9 Å². The van der Waals surface area contributed by atoms with Gasteiger partial charge in [-0.3, -0.25) is 4.72 Å². The zero-order valence-electron chi connectivity index (χ0n) is 10.5. The molecule has 0 heterocycles. The van der Waals surface area contributed by atoms with Crippen LogP contribution in [0, 0.1) is 0 Å². The number of benzene rings is 1. The van der Waals surface area contributed by atoms with Crippen molar-refractivity contribution < 1.29 is 18.3 Å². The summed E-state index contributed by atoms with van der Waals surface area (Å²) in [6, 6.07) is 6.59. The molecule has 0 amide bonds. The Hall–Kier alpha value is -1.31. The van der Waals surface area contributed by atoms with Gasteiger partial charge in [0.05, 0.1) is 12.8 Å². The van der Waals surface area contributed by atoms with Crippen molar-refractivity contribution in [3.05, 3.63) is 24.3 Å². The van der Waals surface area contributed by atoms with Crippen LogP contribution in [0.25, 0.3) is 0 Å². The molecular formula is C11H18N2O4S. The molecule has 0 saturated carbocycles. The van der Waals surface area contributed by atoms with Crippen molar-refractivity contribution in [2.75, 3.05) is 32.0 Å². The maximum atomic E-state index is 11.9. The van der Waals surface area contributed by atoms with Crippen LogP contribution in [0.5, 0.6) is 5.75 Å². The molecule has 7 heteroatoms. The topological polar surface area (TPSA) is 78.9 Å². The van der Waals surface area contributed by atoms with Crippen LogP contribution in [0.15, 0.2) is 24.3 Å². The van der Waals surface area contributed by atoms with Crippen molar-refractivity contribution in [2.45, 2.75) is 6.42 Å². The van der Waals surface area contributed by atoms with E-state index in [1.165, 1.54) is 7.05 Å². The molecule has 0 aliphatic carbocycles. The molecule has 0 unspecified atom stereocenters. The van der Waals surface area contributed by atoms with E-state index < -0.39 is 10.2 Å². The molecule has 102 valence electrons. The fraction of sp³-hybridized carbons (Fsp3) is 0.455. The van der Waals surface area contributed by atoms with E-state index in [0.717, 1.165) is 4.31 Å². The van der Waals surface area contributed by atoms with Crippen molar-refractivity contribution in [3.63, 3.8) is 0 Å². The van der Waals surface area contributed by atoms with Crippen molar-refractivity contribution in [2.24, 2.45) is 0 Å². The molecule has 0 aliphatic heterocycles. The number of anilines is 1. The molecule has 18 heavy (non-hydrogen) atoms. The third-order valence-electron chi connectivity index (χ3n) is 2.38. The normalized spacial score (nSPS) is 11.6. The summed E-state index contributed by atoms with van der Waals surface area (Å²) in [7, 11) is -0.570. The number of nitrogens with zero attached hydrogens (tertiary/aromatic N) is 1. The van der Waals surface area contributed by atoms with Crippen LogP contribution in [0.2, 0.25) is 0 Å². The summed E-state index contributed by atoms with van der Waals surface area (Å²) in [4.78, 5) is 0. The van der Waals surface area contributed by atoms with Crippen molar-refractivity contribution in [1.82, 2.24) is 4.31 Å². The van der Waals surface area contributed by atoms with Crippen molar-refractivity contribution in [3.8, 4) is 5.75 Å². The molecule has 0 atom stereocenters. The van der Waals surface area contributed by atoms with E-state index in [9.17, 15) is 8.42 Å². The predicted molar refractivity (Wildman–Crippen MR) is 69.9 cm³/mol. The predicted octanol–water partition coefficient (Wildman–Crippen LogP) is 0.666. The Morgan fingerprint density at radius 2 is 1.94 bits per heavy atom. The average Bonchev–Trinajstić information content (AvgIpc) is 2.36. The molecule has 0 spiro atoms. The van der Waals surface area contributed by atoms with E-state index in [-0.39, 0.29) is 13.2 Å². The molecule has 0 aromatic heterocycles. The van der Waals surface area contributed by atoms with Gasteiger partial charge in [0.25, 0.3) is 0 Å². The van der Waals surface area contributed by atoms with Crippen molar-refractivity contribution >= 4 is 15.9 Å². The molecule has 0 radical (unpaired) electrons. The fourth-order valence-corrected chi connectivity index (χ4v) is 2.26. The molecule has 0 aliphatic rings. The highest BCUT2D eigenvalue weighted by molar-refractivity contribution is 7.90. The molecule has 1 rings (SSSR count). The molecule has 6 nitrogen and oxygen atoms in total. The highest BCUT2D eigenvalue weighted by Crippen LogP contribution is 2.16. The Bertz CT molecular complexity index is 458. The second-order valence-corrected chi connectivity index (χ2v) is 5.51. The average molecular weight is 274 g/mol. The van der Waals surface area contributed by atoms with Gasteiger partial charge in [0.2, 0.25) is 0 Å². The van der Waals surface area contributed by atoms with Gasteiger partial charge in [-0.2, -0.15) is 12.7 Å². The van der Waals surface area contributed by atoms with Crippen LogP contribution in [0.1, 0.15) is 6.42 Å². The number of rotatable bonds is 7. The fourth-order valence-electron chi connectivity index (χ4n) is 1.30. The first-order chi connectivity index (χ1) is 8.49. The number of hydrogen-bond donors (Lipinski definition) is 2. The largest absolute Gasteiger partial charge is 0.497 e. The van der Waals surface area contributed by atoms with Gasteiger partial charge in [0, 0.05) is 20.2 Å². The maximum Gasteiger partial charge on any atom is 0.301 e. The van der Waals surface area contributed by atoms with Crippen LogP contribution in [0.3, 0.4) is 0 Å². The first kappa shape index (κ1) is 14.7. The zero-order chi connectivity index (χ0) is 13.6. The van der Waals surface area contributed by atoms with Gasteiger partial charge >= 0.3 is 10.2 Å². The van der Waals surface area contributed by atoms with Gasteiger partial charge in [-0.1, -0.05) is 0 Å². The van der Waals surface area contributed by atoms with Gasteiger partial charge in [0.1, 0.15) is 5.75 Å². The number of nitrogens with one attached hydrogen (secondary N) is 1. The van der Waals surface area contributed by atoms with Gasteiger partial charge in [0.15, 0.2) is 0 Å². The second-order valence-electron chi connectivity index (χ2n) is 3.73. The van der Waals surface area contributed by atoms with Crippen molar-refractivity contribution in [1.29, 1.82) is 0 Å². The number of methoxy groups -OCH3 is 1. The molecule has 2 N–H and O–H groups in total. The van der Waals surface area contributed by atoms with Gasteiger partial charge in [-0.25, -0.2) is 0 Å². The lowest BCUT2D eigenvalue weighted by atomic mass is 10.3. The minimum Gasteiger partial charge on any atom is -0.497 e. The summed E-state index contributed by atoms with van der Waals surface area (Å²) in [5.41, 5.74) is 0.464. The maximum absolute atomic E-state index is 11.9. The highest BCUT2D eigenvalue weighted by Gasteiger charge is 2.16. The summed E-state index contributed by atoms with van der Waals surface area (Å²) in [6.07, 6.45) is 0.403. The number of aliphatic hydroxyl groups is 1. The quantitative estimate of drug-likeness (QED) is 0.766. The van der Waals surface area contributed by atoms with Crippen LogP contribution in [0.4, 0.5) is 5.69 Å². The minimum absolute atomic E-state index is 0.0393. The van der Waals surface area contributed by atoms with Crippen LogP contribution in [-0.2, 0) is 10.2 Å². The molecule has 1 aromatic rings. The third-order valence-corrected chi connectivity index (χ3v) is 3.88. The monoisotopic (exact) mass is 274 g/mol. The molecule has 0 fully saturated rings. The van der Waals surface area contributed by atoms with E-state index in [1.807, 2.05) is 0 Å². The number of ether oxygens (including phenoxy) is 1. The smallest absolute Gasteiger partial charge is 0.301 e. The minimum atomic E-state index is -3.57. The molecule has 0 saturated heterocycles. The number of hydrogen-bond acceptors (Lipinski definition) is 4. The molecule has 1 aromatic carbocycles. The Kier molecular flexibility index (Phi) is 5.39. The molecular weight excluding hydrogens is 256 g/mol. The van der Waals surface area contributed by atoms with E-state index in [2.05, 4.69) is 4.72 Å². The van der Waals surface area contributed by atoms with Gasteiger partial charge in [-0.15, -0.1) is 0 Å². The van der Waals surface area contributed by atoms with E-state index >= 15 is 0 Å². The Labute approximate surface area is 107 Å². The Morgan fingerprint density at radius 1 is 1.33 bits per heavy atom. The summed E-state index contributed by atoms with van der Waals surface area (Å²) < 4.78 is 32.3. The molecule has 0 bridgehead atoms. The third kappa shape index (κ3) is 4.17. The lowest BCUT2D eigenvalue weighted by Gasteiger charge is -2.17. The first-order valence-electron chi connectivity index (χ1n) is 5.48. The van der Waals surface area contributed by atoms with E-state index in [1.54, 1.807) is 31.4 Å². The second kappa shape index (κ2) is 6.58. The lowest BCUT2D eigenvalue weighted by Crippen LogP contribution is -2.33. The lowest BCUT2D eigenvalue weighted by molar-refractivity contribution is 0.276. The summed E-state index contributed by atoms with van der Waals surface area (Å²) >= 11 is 0. The number of aliphatic hydroxyl groups excluding tert-OH is 1. The van der Waals surface area contributed by atoms with Gasteiger partial charge < -0.3 is 9.84 Å².